The normalized spacial score (nSPS) is 13.5. The number of nitrogens with one attached hydrogen (secondary N) is 2. The first-order chi connectivity index (χ1) is 16.0. The molecule has 1 aromatic carbocycles. The number of aromatic amines is 2. The highest BCUT2D eigenvalue weighted by molar-refractivity contribution is 7.99. The molecule has 5 rings (SSSR count). The molecule has 8 nitrogen and oxygen atoms in total. The number of aromatic nitrogens is 5. The summed E-state index contributed by atoms with van der Waals surface area (Å²) in [7, 11) is 0. The zero-order valence-corrected chi connectivity index (χ0v) is 19.6. The molecule has 9 heteroatoms. The Labute approximate surface area is 195 Å². The average Bonchev–Trinajstić information content (AvgIpc) is 3.29. The third-order valence-electron chi connectivity index (χ3n) is 5.93. The van der Waals surface area contributed by atoms with E-state index in [1.807, 2.05) is 24.4 Å². The molecule has 0 spiro atoms. The van der Waals surface area contributed by atoms with Gasteiger partial charge in [0.05, 0.1) is 12.4 Å². The molecule has 0 radical (unpaired) electrons. The van der Waals surface area contributed by atoms with E-state index in [0.29, 0.717) is 28.6 Å². The van der Waals surface area contributed by atoms with Crippen LogP contribution in [0.15, 0.2) is 35.6 Å². The molecule has 2 N–H and O–H groups in total. The summed E-state index contributed by atoms with van der Waals surface area (Å²) in [6.07, 6.45) is 4.12. The Morgan fingerprint density at radius 2 is 2.00 bits per heavy atom. The SMILES string of the molecule is CCOC(=O)c1[nH]c(C)c(C(=O)CSc2nnc(-c3c[nH]c4ccccc34)n2C2CC2)c1C. The fourth-order valence-corrected chi connectivity index (χ4v) is 5.13. The third kappa shape index (κ3) is 3.86. The van der Waals surface area contributed by atoms with Gasteiger partial charge in [0.2, 0.25) is 0 Å². The molecule has 1 aliphatic carbocycles. The summed E-state index contributed by atoms with van der Waals surface area (Å²) in [5.74, 6) is 0.534. The molecule has 3 aromatic heterocycles. The van der Waals surface area contributed by atoms with Gasteiger partial charge in [-0.2, -0.15) is 0 Å². The summed E-state index contributed by atoms with van der Waals surface area (Å²) in [4.78, 5) is 31.6. The lowest BCUT2D eigenvalue weighted by Crippen LogP contribution is -2.09. The lowest BCUT2D eigenvalue weighted by Gasteiger charge is -2.08. The van der Waals surface area contributed by atoms with Crippen LogP contribution in [0.3, 0.4) is 0 Å². The Bertz CT molecular complexity index is 1360. The van der Waals surface area contributed by atoms with E-state index in [-0.39, 0.29) is 18.1 Å². The first-order valence-corrected chi connectivity index (χ1v) is 12.0. The smallest absolute Gasteiger partial charge is 0.355 e. The van der Waals surface area contributed by atoms with Crippen LogP contribution in [0.5, 0.6) is 0 Å². The molecule has 0 bridgehead atoms. The van der Waals surface area contributed by atoms with Crippen LogP contribution in [0.25, 0.3) is 22.3 Å². The molecular weight excluding hydrogens is 438 g/mol. The number of ether oxygens (including phenoxy) is 1. The van der Waals surface area contributed by atoms with Crippen molar-refractivity contribution < 1.29 is 14.3 Å². The Morgan fingerprint density at radius 1 is 1.21 bits per heavy atom. The molecular formula is C24H25N5O3S. The molecule has 0 atom stereocenters. The number of para-hydroxylation sites is 1. The van der Waals surface area contributed by atoms with E-state index in [4.69, 9.17) is 4.74 Å². The van der Waals surface area contributed by atoms with Gasteiger partial charge in [-0.15, -0.1) is 10.2 Å². The molecule has 0 aliphatic heterocycles. The van der Waals surface area contributed by atoms with Crippen molar-refractivity contribution >= 4 is 34.4 Å². The standard InChI is InChI=1S/C24H25N5O3S/c1-4-32-23(31)21-13(2)20(14(3)26-21)19(30)12-33-24-28-27-22(29(24)15-9-10-15)17-11-25-18-8-6-5-7-16(17)18/h5-8,11,15,25-26H,4,9-10,12H2,1-3H3. The maximum atomic E-state index is 13.1. The van der Waals surface area contributed by atoms with Crippen LogP contribution in [-0.4, -0.2) is 48.8 Å². The lowest BCUT2D eigenvalue weighted by atomic mass is 10.1. The van der Waals surface area contributed by atoms with E-state index >= 15 is 0 Å². The monoisotopic (exact) mass is 463 g/mol. The van der Waals surface area contributed by atoms with Crippen molar-refractivity contribution in [2.45, 2.75) is 44.8 Å². The van der Waals surface area contributed by atoms with E-state index in [1.165, 1.54) is 11.8 Å². The van der Waals surface area contributed by atoms with E-state index in [0.717, 1.165) is 40.3 Å². The van der Waals surface area contributed by atoms with Crippen molar-refractivity contribution in [2.24, 2.45) is 0 Å². The van der Waals surface area contributed by atoms with Crippen molar-refractivity contribution in [3.63, 3.8) is 0 Å². The summed E-state index contributed by atoms with van der Waals surface area (Å²) >= 11 is 1.39. The van der Waals surface area contributed by atoms with Crippen molar-refractivity contribution in [2.75, 3.05) is 12.4 Å². The van der Waals surface area contributed by atoms with Gasteiger partial charge in [-0.1, -0.05) is 30.0 Å². The van der Waals surface area contributed by atoms with Crippen molar-refractivity contribution in [1.82, 2.24) is 24.7 Å². The Hall–Kier alpha value is -3.33. The Balaban J connectivity index is 1.40. The number of hydrogen-bond acceptors (Lipinski definition) is 6. The topological polar surface area (TPSA) is 106 Å². The highest BCUT2D eigenvalue weighted by Gasteiger charge is 2.31. The van der Waals surface area contributed by atoms with Gasteiger partial charge in [-0.25, -0.2) is 4.79 Å². The number of ketones is 1. The number of Topliss-reactive ketones (excluding diaryl/α,β-unsaturated/α-hetero) is 1. The van der Waals surface area contributed by atoms with Gasteiger partial charge in [-0.3, -0.25) is 9.36 Å². The number of benzene rings is 1. The second kappa shape index (κ2) is 8.55. The minimum atomic E-state index is -0.443. The molecule has 1 fully saturated rings. The second-order valence-electron chi connectivity index (χ2n) is 8.21. The van der Waals surface area contributed by atoms with Crippen molar-refractivity contribution in [3.05, 3.63) is 53.0 Å². The molecule has 1 saturated carbocycles. The van der Waals surface area contributed by atoms with Crippen LogP contribution in [0, 0.1) is 13.8 Å². The zero-order chi connectivity index (χ0) is 23.1. The number of carbonyl (C=O) groups is 2. The molecule has 1 aliphatic rings. The van der Waals surface area contributed by atoms with Crippen LogP contribution in [0.1, 0.15) is 57.9 Å². The van der Waals surface area contributed by atoms with Gasteiger partial charge in [0.1, 0.15) is 5.69 Å². The molecule has 0 saturated heterocycles. The van der Waals surface area contributed by atoms with Gasteiger partial charge in [0.25, 0.3) is 0 Å². The van der Waals surface area contributed by atoms with Crippen LogP contribution in [0.2, 0.25) is 0 Å². The number of aryl methyl sites for hydroxylation is 1. The van der Waals surface area contributed by atoms with Crippen LogP contribution >= 0.6 is 11.8 Å². The summed E-state index contributed by atoms with van der Waals surface area (Å²) < 4.78 is 7.25. The third-order valence-corrected chi connectivity index (χ3v) is 6.88. The number of esters is 1. The molecule has 4 aromatic rings. The quantitative estimate of drug-likeness (QED) is 0.220. The van der Waals surface area contributed by atoms with Crippen LogP contribution in [-0.2, 0) is 4.74 Å². The number of hydrogen-bond donors (Lipinski definition) is 2. The molecule has 33 heavy (non-hydrogen) atoms. The van der Waals surface area contributed by atoms with Crippen LogP contribution < -0.4 is 0 Å². The maximum absolute atomic E-state index is 13.1. The number of carbonyl (C=O) groups excluding carboxylic acids is 2. The minimum Gasteiger partial charge on any atom is -0.461 e. The molecule has 170 valence electrons. The largest absolute Gasteiger partial charge is 0.461 e. The van der Waals surface area contributed by atoms with Gasteiger partial charge < -0.3 is 14.7 Å². The first kappa shape index (κ1) is 21.5. The second-order valence-corrected chi connectivity index (χ2v) is 9.16. The summed E-state index contributed by atoms with van der Waals surface area (Å²) in [6, 6.07) is 8.48. The average molecular weight is 464 g/mol. The first-order valence-electron chi connectivity index (χ1n) is 11.0. The number of fused-ring (bicyclic) bond motifs is 1. The predicted octanol–water partition coefficient (Wildman–Crippen LogP) is 4.86. The minimum absolute atomic E-state index is 0.0548. The Morgan fingerprint density at radius 3 is 2.76 bits per heavy atom. The van der Waals surface area contributed by atoms with Gasteiger partial charge in [-0.05, 0) is 45.2 Å². The lowest BCUT2D eigenvalue weighted by molar-refractivity contribution is 0.0519. The van der Waals surface area contributed by atoms with Crippen molar-refractivity contribution in [1.29, 1.82) is 0 Å². The highest BCUT2D eigenvalue weighted by Crippen LogP contribution is 2.42. The van der Waals surface area contributed by atoms with Crippen LogP contribution in [0.4, 0.5) is 0 Å². The summed E-state index contributed by atoms with van der Waals surface area (Å²) in [5.41, 5.74) is 4.24. The zero-order valence-electron chi connectivity index (χ0n) is 18.8. The van der Waals surface area contributed by atoms with E-state index in [2.05, 4.69) is 30.8 Å². The van der Waals surface area contributed by atoms with Gasteiger partial charge in [0, 0.05) is 40.0 Å². The summed E-state index contributed by atoms with van der Waals surface area (Å²) in [5, 5.41) is 10.8. The highest BCUT2D eigenvalue weighted by atomic mass is 32.2. The Kier molecular flexibility index (Phi) is 5.57. The molecule has 0 unspecified atom stereocenters. The van der Waals surface area contributed by atoms with Gasteiger partial charge >= 0.3 is 5.97 Å². The fraction of sp³-hybridized carbons (Fsp3) is 0.333. The van der Waals surface area contributed by atoms with E-state index in [1.54, 1.807) is 20.8 Å². The summed E-state index contributed by atoms with van der Waals surface area (Å²) in [6.45, 7) is 5.61. The van der Waals surface area contributed by atoms with E-state index in [9.17, 15) is 9.59 Å². The number of nitrogens with zero attached hydrogens (tertiary/aromatic N) is 3. The van der Waals surface area contributed by atoms with Crippen molar-refractivity contribution in [3.8, 4) is 11.4 Å². The number of H-pyrrole nitrogens is 2. The van der Waals surface area contributed by atoms with Gasteiger partial charge in [0.15, 0.2) is 16.8 Å². The fourth-order valence-electron chi connectivity index (χ4n) is 4.26. The number of thioether (sulfide) groups is 1. The molecule has 3 heterocycles. The number of rotatable bonds is 8. The van der Waals surface area contributed by atoms with E-state index < -0.39 is 5.97 Å². The maximum Gasteiger partial charge on any atom is 0.355 e. The predicted molar refractivity (Wildman–Crippen MR) is 127 cm³/mol. The molecule has 0 amide bonds.